The van der Waals surface area contributed by atoms with Crippen molar-refractivity contribution in [2.24, 2.45) is 0 Å². The summed E-state index contributed by atoms with van der Waals surface area (Å²) >= 11 is 48.8. The van der Waals surface area contributed by atoms with Crippen molar-refractivity contribution in [1.82, 2.24) is 44.0 Å². The van der Waals surface area contributed by atoms with Crippen LogP contribution in [0, 0.1) is 11.3 Å². The number of nitrogens with one attached hydrogen (secondary N) is 8. The monoisotopic (exact) mass is 1940 g/mol. The molecule has 0 atom stereocenters. The van der Waals surface area contributed by atoms with E-state index in [2.05, 4.69) is 74.5 Å². The molecule has 0 aliphatic carbocycles. The summed E-state index contributed by atoms with van der Waals surface area (Å²) in [5, 5.41) is 52.6. The van der Waals surface area contributed by atoms with Crippen molar-refractivity contribution in [3.63, 3.8) is 0 Å². The number of ether oxygens (including phenoxy) is 2. The molecule has 8 N–H and O–H groups in total. The zero-order chi connectivity index (χ0) is 94.9. The van der Waals surface area contributed by atoms with Gasteiger partial charge in [0, 0.05) is 71.5 Å². The van der Waals surface area contributed by atoms with Gasteiger partial charge in [0.15, 0.2) is 9.84 Å². The number of esters is 1. The number of hydrogen-bond acceptors (Lipinski definition) is 15. The first kappa shape index (κ1) is 100. The van der Waals surface area contributed by atoms with Crippen LogP contribution < -0.4 is 47.3 Å². The van der Waals surface area contributed by atoms with Gasteiger partial charge in [0.25, 0.3) is 0 Å². The Labute approximate surface area is 794 Å². The standard InChI is InChI=1S/C26H29Cl2N5O4S.C25H28Cl2N4O3.C21H19Cl2N5O.C21H22Cl2N4O2/c1-26(2,3)21-16-22(30-25(35)29-20-6-4-5-19(27)24(20)28)33(31-21)18-9-7-17(8-10-18)15-23(34)32-11-13-38(36,37)14-12-32;1-5-34-22(32)13-12-16-8-6-9-17(14-16)31-21(15-20(30-31)25(2,3)4)29-24(33)28-19-11-7-10-18(26)23(19)27;1-21(2,3)17-11-18(28(27-17)14-7-4-6-13(10-14)12-24)26-20(29)25-16-9-5-8-15(22)19(16)23;1-21(2,3)17-12-18(27(26-17)13-7-5-8-14(11-13)29-4)25-20(28)24-16-10-6-9-15(22)19(16)23/h4-10,16H,11-15H2,1-3H3,(H2,29,30,35);6-11,14-15H,5,12-13H2,1-4H3,(H2,28,29,33);4-11H,1-3H3,(H2,25,26,29);5-12H,1-4H3,(H2,24,25,28). The fourth-order valence-electron chi connectivity index (χ4n) is 12.4. The van der Waals surface area contributed by atoms with Crippen LogP contribution in [0.15, 0.2) is 194 Å². The maximum atomic E-state index is 12.8. The molecule has 0 unspecified atom stereocenters. The Kier molecular flexibility index (Phi) is 33.7. The summed E-state index contributed by atoms with van der Waals surface area (Å²) in [7, 11) is -1.45. The molecule has 12 aromatic rings. The summed E-state index contributed by atoms with van der Waals surface area (Å²) in [6.07, 6.45) is 0.995. The molecule has 28 nitrogen and oxygen atoms in total. The van der Waals surface area contributed by atoms with E-state index in [0.29, 0.717) is 102 Å². The number of anilines is 8. The van der Waals surface area contributed by atoms with Gasteiger partial charge in [-0.15, -0.1) is 0 Å². The average molecular weight is 1940 g/mol. The SMILES string of the molecule is CC(C)(C)c1cc(NC(=O)Nc2cccc(Cl)c2Cl)n(-c2ccc(CC(=O)N3CCS(=O)(=O)CC3)cc2)n1.CC(C)(C)c1cc(NC(=O)Nc2cccc(Cl)c2Cl)n(-c2cccc(C#N)c2)n1.CCOC(=O)CCc1cccc(-n2nc(C(C)(C)C)cc2NC(=O)Nc2cccc(Cl)c2Cl)c1.COc1cccc(-n2nc(C(C)(C)C)cc2NC(=O)Nc2cccc(Cl)c2Cl)c1. The van der Waals surface area contributed by atoms with Crippen LogP contribution in [0.5, 0.6) is 5.75 Å². The van der Waals surface area contributed by atoms with E-state index >= 15 is 0 Å². The number of methoxy groups -OCH3 is 1. The van der Waals surface area contributed by atoms with Crippen LogP contribution in [0.3, 0.4) is 0 Å². The van der Waals surface area contributed by atoms with Crippen molar-refractivity contribution in [1.29, 1.82) is 5.26 Å². The van der Waals surface area contributed by atoms with Gasteiger partial charge in [-0.25, -0.2) is 46.3 Å². The molecule has 0 saturated carbocycles. The molecular formula is C93H98Cl8N18O10S. The van der Waals surface area contributed by atoms with Gasteiger partial charge in [0.2, 0.25) is 5.91 Å². The quantitative estimate of drug-likeness (QED) is 0.0349. The van der Waals surface area contributed by atoms with E-state index < -0.39 is 34.0 Å². The smallest absolute Gasteiger partial charge is 0.324 e. The molecule has 1 fully saturated rings. The van der Waals surface area contributed by atoms with E-state index in [0.717, 1.165) is 45.3 Å². The molecule has 5 heterocycles. The highest BCUT2D eigenvalue weighted by Gasteiger charge is 2.30. The Morgan fingerprint density at radius 3 is 1.08 bits per heavy atom. The highest BCUT2D eigenvalue weighted by Crippen LogP contribution is 2.38. The van der Waals surface area contributed by atoms with Crippen LogP contribution >= 0.6 is 92.8 Å². The average Bonchev–Trinajstić information content (AvgIpc) is 1.68. The molecule has 682 valence electrons. The molecule has 1 aliphatic heterocycles. The number of hydrogen-bond donors (Lipinski definition) is 8. The second-order valence-electron chi connectivity index (χ2n) is 33.7. The van der Waals surface area contributed by atoms with Crippen molar-refractivity contribution in [3.05, 3.63) is 274 Å². The lowest BCUT2D eigenvalue weighted by Gasteiger charge is -2.26. The number of sulfone groups is 1. The Hall–Kier alpha value is -11.8. The molecule has 9 amide bonds. The summed E-state index contributed by atoms with van der Waals surface area (Å²) in [4.78, 5) is 76.8. The van der Waals surface area contributed by atoms with Crippen LogP contribution in [0.25, 0.3) is 22.7 Å². The van der Waals surface area contributed by atoms with Crippen LogP contribution in [-0.4, -0.2) is 127 Å². The van der Waals surface area contributed by atoms with Crippen molar-refractivity contribution in [3.8, 4) is 34.6 Å². The van der Waals surface area contributed by atoms with Crippen molar-refractivity contribution >= 4 is 185 Å². The largest absolute Gasteiger partial charge is 0.497 e. The molecule has 130 heavy (non-hydrogen) atoms. The number of benzene rings is 8. The third-order valence-corrected chi connectivity index (χ3v) is 24.4. The molecular weight excluding hydrogens is 1840 g/mol. The highest BCUT2D eigenvalue weighted by atomic mass is 35.5. The van der Waals surface area contributed by atoms with Crippen molar-refractivity contribution in [2.45, 2.75) is 131 Å². The lowest BCUT2D eigenvalue weighted by Crippen LogP contribution is -2.44. The van der Waals surface area contributed by atoms with Crippen LogP contribution in [0.1, 0.15) is 136 Å². The third kappa shape index (κ3) is 27.6. The molecule has 0 spiro atoms. The van der Waals surface area contributed by atoms with E-state index in [-0.39, 0.29) is 91.1 Å². The Balaban J connectivity index is 0.000000181. The molecule has 8 aromatic carbocycles. The van der Waals surface area contributed by atoms with E-state index in [1.807, 2.05) is 153 Å². The Morgan fingerprint density at radius 2 is 0.738 bits per heavy atom. The summed E-state index contributed by atoms with van der Waals surface area (Å²) in [6.45, 7) is 27.1. The summed E-state index contributed by atoms with van der Waals surface area (Å²) in [5.74, 6) is 2.25. The van der Waals surface area contributed by atoms with Crippen LogP contribution in [-0.2, 0) is 58.7 Å². The zero-order valence-corrected chi connectivity index (χ0v) is 80.5. The van der Waals surface area contributed by atoms with Crippen LogP contribution in [0.4, 0.5) is 65.2 Å². The number of rotatable bonds is 19. The van der Waals surface area contributed by atoms with Crippen molar-refractivity contribution in [2.75, 3.05) is 80.8 Å². The first-order valence-electron chi connectivity index (χ1n) is 40.8. The summed E-state index contributed by atoms with van der Waals surface area (Å²) in [5.41, 5.74) is 8.94. The molecule has 1 aliphatic rings. The molecule has 4 aromatic heterocycles. The number of nitriles is 1. The van der Waals surface area contributed by atoms with Gasteiger partial charge in [-0.05, 0) is 128 Å². The summed E-state index contributed by atoms with van der Waals surface area (Å²) < 4.78 is 40.2. The third-order valence-electron chi connectivity index (χ3n) is 19.5. The minimum Gasteiger partial charge on any atom is -0.497 e. The predicted molar refractivity (Wildman–Crippen MR) is 521 cm³/mol. The van der Waals surface area contributed by atoms with E-state index in [1.165, 1.54) is 0 Å². The van der Waals surface area contributed by atoms with Gasteiger partial charge in [-0.1, -0.05) is 237 Å². The molecule has 0 radical (unpaired) electrons. The first-order chi connectivity index (χ1) is 61.3. The lowest BCUT2D eigenvalue weighted by atomic mass is 9.92. The number of halogens is 8. The molecule has 0 bridgehead atoms. The topological polar surface area (TPSA) is 350 Å². The van der Waals surface area contributed by atoms with Crippen LogP contribution in [0.2, 0.25) is 40.2 Å². The fraction of sp³-hybridized carbons (Fsp3) is 0.280. The number of aryl methyl sites for hydroxylation is 1. The second kappa shape index (κ2) is 43.7. The summed E-state index contributed by atoms with van der Waals surface area (Å²) in [6, 6.07) is 56.8. The number of aromatic nitrogens is 8. The number of urea groups is 4. The first-order valence-corrected chi connectivity index (χ1v) is 45.6. The van der Waals surface area contributed by atoms with Gasteiger partial charge in [0.1, 0.15) is 29.0 Å². The fourth-order valence-corrected chi connectivity index (χ4v) is 15.0. The van der Waals surface area contributed by atoms with Gasteiger partial charge < -0.3 is 35.6 Å². The molecule has 37 heteroatoms. The zero-order valence-electron chi connectivity index (χ0n) is 73.6. The number of carbonyl (C=O) groups excluding carboxylic acids is 6. The maximum absolute atomic E-state index is 12.8. The van der Waals surface area contributed by atoms with Gasteiger partial charge in [0.05, 0.1) is 152 Å². The lowest BCUT2D eigenvalue weighted by molar-refractivity contribution is -0.143. The van der Waals surface area contributed by atoms with Gasteiger partial charge in [-0.2, -0.15) is 25.7 Å². The molecule has 1 saturated heterocycles. The maximum Gasteiger partial charge on any atom is 0.324 e. The van der Waals surface area contributed by atoms with E-state index in [9.17, 15) is 42.4 Å². The predicted octanol–water partition coefficient (Wildman–Crippen LogP) is 23.7. The number of amides is 9. The van der Waals surface area contributed by atoms with Gasteiger partial charge >= 0.3 is 30.1 Å². The highest BCUT2D eigenvalue weighted by molar-refractivity contribution is 7.91. The normalized spacial score (nSPS) is 12.4. The minimum absolute atomic E-state index is 0.0000418. The minimum atomic E-state index is -3.05. The second-order valence-corrected chi connectivity index (χ2v) is 39.2. The van der Waals surface area contributed by atoms with E-state index in [4.69, 9.17) is 118 Å². The van der Waals surface area contributed by atoms with E-state index in [1.54, 1.807) is 141 Å². The Morgan fingerprint density at radius 1 is 0.408 bits per heavy atom. The molecule has 13 rings (SSSR count). The number of nitrogens with zero attached hydrogens (tertiary/aromatic N) is 10. The van der Waals surface area contributed by atoms with Gasteiger partial charge in [-0.3, -0.25) is 30.9 Å². The van der Waals surface area contributed by atoms with Crippen molar-refractivity contribution < 1.29 is 46.7 Å². The Bertz CT molecular complexity index is 6290. The number of carbonyl (C=O) groups is 6.